The van der Waals surface area contributed by atoms with Gasteiger partial charge in [-0.05, 0) is 27.2 Å². The first-order valence-corrected chi connectivity index (χ1v) is 5.62. The van der Waals surface area contributed by atoms with E-state index in [1.54, 1.807) is 0 Å². The molecule has 3 N–H and O–H groups in total. The predicted molar refractivity (Wildman–Crippen MR) is 68.0 cm³/mol. The summed E-state index contributed by atoms with van der Waals surface area (Å²) in [5.74, 6) is 0.235. The highest BCUT2D eigenvalue weighted by molar-refractivity contribution is 5.71. The molecule has 0 spiro atoms. The van der Waals surface area contributed by atoms with Crippen molar-refractivity contribution < 1.29 is 9.53 Å². The number of hydrogen-bond acceptors (Lipinski definition) is 3. The van der Waals surface area contributed by atoms with E-state index in [2.05, 4.69) is 11.9 Å². The van der Waals surface area contributed by atoms with Gasteiger partial charge in [-0.25, -0.2) is 4.79 Å². The van der Waals surface area contributed by atoms with E-state index in [0.29, 0.717) is 11.4 Å². The normalized spacial score (nSPS) is 20.1. The number of nitrogens with one attached hydrogen (secondary N) is 1. The fraction of sp³-hybridized carbons (Fsp3) is 0.462. The summed E-state index contributed by atoms with van der Waals surface area (Å²) < 4.78 is 5.15. The van der Waals surface area contributed by atoms with Crippen molar-refractivity contribution in [1.29, 1.82) is 0 Å². The molecule has 0 radical (unpaired) electrons. The molecule has 0 aliphatic heterocycles. The number of nitrogens with two attached hydrogens (primary N) is 1. The van der Waals surface area contributed by atoms with Crippen LogP contribution in [0.3, 0.4) is 0 Å². The van der Waals surface area contributed by atoms with E-state index in [1.807, 2.05) is 39.0 Å². The Bertz CT molecular complexity index is 375. The van der Waals surface area contributed by atoms with Crippen LogP contribution in [0.4, 0.5) is 4.79 Å². The molecule has 94 valence electrons. The van der Waals surface area contributed by atoms with Gasteiger partial charge in [0.15, 0.2) is 0 Å². The van der Waals surface area contributed by atoms with Crippen molar-refractivity contribution in [3.05, 3.63) is 36.2 Å². The Morgan fingerprint density at radius 2 is 2.29 bits per heavy atom. The summed E-state index contributed by atoms with van der Waals surface area (Å²) in [5.41, 5.74) is 6.48. The van der Waals surface area contributed by atoms with Gasteiger partial charge < -0.3 is 10.5 Å². The third-order valence-electron chi connectivity index (χ3n) is 2.24. The number of hydrogen-bond donors (Lipinski definition) is 2. The molecule has 0 fully saturated rings. The van der Waals surface area contributed by atoms with Crippen molar-refractivity contribution in [3.63, 3.8) is 0 Å². The first kappa shape index (κ1) is 13.4. The molecule has 1 unspecified atom stereocenters. The molecule has 0 saturated carbocycles. The topological polar surface area (TPSA) is 64.3 Å². The lowest BCUT2D eigenvalue weighted by Crippen LogP contribution is -2.34. The predicted octanol–water partition coefficient (Wildman–Crippen LogP) is 2.44. The van der Waals surface area contributed by atoms with Crippen LogP contribution in [0.5, 0.6) is 0 Å². The zero-order valence-electron chi connectivity index (χ0n) is 10.6. The second-order valence-corrected chi connectivity index (χ2v) is 5.00. The molecule has 1 aliphatic carbocycles. The van der Waals surface area contributed by atoms with Crippen LogP contribution in [-0.4, -0.2) is 11.7 Å². The molecule has 1 atom stereocenters. The van der Waals surface area contributed by atoms with Gasteiger partial charge in [-0.2, -0.15) is 0 Å². The number of alkyl carbamates (subject to hydrolysis) is 1. The summed E-state index contributed by atoms with van der Waals surface area (Å²) in [6.07, 6.45) is 5.88. The third-order valence-corrected chi connectivity index (χ3v) is 2.24. The molecule has 17 heavy (non-hydrogen) atoms. The lowest BCUT2D eigenvalue weighted by Gasteiger charge is -2.22. The summed E-state index contributed by atoms with van der Waals surface area (Å²) in [4.78, 5) is 11.5. The number of carbonyl (C=O) groups excluding carboxylic acids is 1. The second-order valence-electron chi connectivity index (χ2n) is 5.00. The fourth-order valence-electron chi connectivity index (χ4n) is 1.46. The molecule has 0 bridgehead atoms. The van der Waals surface area contributed by atoms with Crippen molar-refractivity contribution in [2.75, 3.05) is 0 Å². The number of carbonyl (C=O) groups is 1. The maximum Gasteiger partial charge on any atom is 0.412 e. The summed E-state index contributed by atoms with van der Waals surface area (Å²) >= 11 is 0. The van der Waals surface area contributed by atoms with Crippen LogP contribution < -0.4 is 11.1 Å². The molecular formula is C13H20N2O2. The van der Waals surface area contributed by atoms with Gasteiger partial charge in [0, 0.05) is 5.92 Å². The zero-order chi connectivity index (χ0) is 13.1. The van der Waals surface area contributed by atoms with E-state index in [4.69, 9.17) is 10.5 Å². The van der Waals surface area contributed by atoms with Crippen LogP contribution in [0.25, 0.3) is 0 Å². The van der Waals surface area contributed by atoms with Gasteiger partial charge in [-0.3, -0.25) is 5.32 Å². The quantitative estimate of drug-likeness (QED) is 0.724. The lowest BCUT2D eigenvalue weighted by atomic mass is 9.98. The van der Waals surface area contributed by atoms with Crippen molar-refractivity contribution >= 4 is 6.09 Å². The number of allylic oxidation sites excluding steroid dienone is 3. The van der Waals surface area contributed by atoms with Crippen molar-refractivity contribution in [2.45, 2.75) is 32.8 Å². The van der Waals surface area contributed by atoms with Crippen LogP contribution in [0.1, 0.15) is 27.2 Å². The molecule has 1 rings (SSSR count). The monoisotopic (exact) mass is 236 g/mol. The van der Waals surface area contributed by atoms with Crippen LogP contribution in [0, 0.1) is 5.92 Å². The smallest absolute Gasteiger partial charge is 0.412 e. The highest BCUT2D eigenvalue weighted by Gasteiger charge is 2.19. The molecule has 0 aromatic heterocycles. The summed E-state index contributed by atoms with van der Waals surface area (Å²) in [5, 5.41) is 2.64. The Morgan fingerprint density at radius 1 is 1.65 bits per heavy atom. The molecule has 4 heteroatoms. The Hall–Kier alpha value is -1.71. The van der Waals surface area contributed by atoms with E-state index in [9.17, 15) is 4.79 Å². The zero-order valence-corrected chi connectivity index (χ0v) is 10.6. The highest BCUT2D eigenvalue weighted by atomic mass is 16.6. The lowest BCUT2D eigenvalue weighted by molar-refractivity contribution is 0.0546. The van der Waals surface area contributed by atoms with Gasteiger partial charge in [-0.15, -0.1) is 6.58 Å². The van der Waals surface area contributed by atoms with Crippen molar-refractivity contribution in [3.8, 4) is 0 Å². The highest BCUT2D eigenvalue weighted by Crippen LogP contribution is 2.19. The van der Waals surface area contributed by atoms with E-state index in [-0.39, 0.29) is 5.92 Å². The SMILES string of the molecule is C=CC1C=C(N)C(NC(=O)OC(C)(C)C)=CC1. The Kier molecular flexibility index (Phi) is 3.99. The Labute approximate surface area is 102 Å². The maximum atomic E-state index is 11.5. The minimum atomic E-state index is -0.512. The van der Waals surface area contributed by atoms with Crippen LogP contribution in [-0.2, 0) is 4.74 Å². The molecule has 1 amide bonds. The average Bonchev–Trinajstić information content (AvgIpc) is 2.18. The van der Waals surface area contributed by atoms with Crippen LogP contribution in [0.15, 0.2) is 36.2 Å². The van der Waals surface area contributed by atoms with Crippen LogP contribution in [0.2, 0.25) is 0 Å². The minimum Gasteiger partial charge on any atom is -0.444 e. The summed E-state index contributed by atoms with van der Waals surface area (Å²) in [7, 11) is 0. The van der Waals surface area contributed by atoms with Gasteiger partial charge >= 0.3 is 6.09 Å². The minimum absolute atomic E-state index is 0.235. The molecule has 1 aliphatic rings. The van der Waals surface area contributed by atoms with E-state index < -0.39 is 11.7 Å². The first-order chi connectivity index (χ1) is 7.81. The third kappa shape index (κ3) is 4.34. The molecule has 0 aromatic carbocycles. The van der Waals surface area contributed by atoms with Gasteiger partial charge in [0.05, 0.1) is 11.4 Å². The summed E-state index contributed by atoms with van der Waals surface area (Å²) in [6.45, 7) is 9.15. The molecular weight excluding hydrogens is 216 g/mol. The first-order valence-electron chi connectivity index (χ1n) is 5.62. The maximum absolute atomic E-state index is 11.5. The fourth-order valence-corrected chi connectivity index (χ4v) is 1.46. The van der Waals surface area contributed by atoms with Crippen molar-refractivity contribution in [1.82, 2.24) is 5.32 Å². The number of amides is 1. The van der Waals surface area contributed by atoms with Crippen molar-refractivity contribution in [2.24, 2.45) is 11.7 Å². The Balaban J connectivity index is 2.59. The largest absolute Gasteiger partial charge is 0.444 e. The van der Waals surface area contributed by atoms with Gasteiger partial charge in [0.1, 0.15) is 5.60 Å². The van der Waals surface area contributed by atoms with Gasteiger partial charge in [-0.1, -0.05) is 18.2 Å². The molecule has 0 saturated heterocycles. The standard InChI is InChI=1S/C13H20N2O2/c1-5-9-6-7-11(10(14)8-9)15-12(16)17-13(2,3)4/h5,7-9H,1,6,14H2,2-4H3,(H,15,16). The van der Waals surface area contributed by atoms with Gasteiger partial charge in [0.2, 0.25) is 0 Å². The number of ether oxygens (including phenoxy) is 1. The van der Waals surface area contributed by atoms with Gasteiger partial charge in [0.25, 0.3) is 0 Å². The molecule has 4 nitrogen and oxygen atoms in total. The average molecular weight is 236 g/mol. The second kappa shape index (κ2) is 5.08. The van der Waals surface area contributed by atoms with E-state index in [0.717, 1.165) is 6.42 Å². The van der Waals surface area contributed by atoms with Crippen LogP contribution >= 0.6 is 0 Å². The summed E-state index contributed by atoms with van der Waals surface area (Å²) in [6, 6.07) is 0. The molecule has 0 aromatic rings. The number of rotatable bonds is 2. The Morgan fingerprint density at radius 3 is 2.76 bits per heavy atom. The molecule has 0 heterocycles. The van der Waals surface area contributed by atoms with E-state index >= 15 is 0 Å². The van der Waals surface area contributed by atoms with E-state index in [1.165, 1.54) is 0 Å².